The lowest BCUT2D eigenvalue weighted by Gasteiger charge is -2.15. The smallest absolute Gasteiger partial charge is 0.272 e. The van der Waals surface area contributed by atoms with E-state index in [-0.39, 0.29) is 16.3 Å². The van der Waals surface area contributed by atoms with Crippen LogP contribution in [0.5, 0.6) is 0 Å². The van der Waals surface area contributed by atoms with Crippen LogP contribution in [0.25, 0.3) is 16.9 Å². The molecule has 0 amide bonds. The SMILES string of the molecule is O=[N+]([O-])c1cc(S(=O)(=O)N2CCCC2)ccc1N/N=C/c1cn(-c2ccccc2)nc1-c1ccccc1. The Morgan fingerprint density at radius 3 is 2.32 bits per heavy atom. The number of benzene rings is 3. The van der Waals surface area contributed by atoms with Crippen molar-refractivity contribution >= 4 is 27.6 Å². The number of rotatable bonds is 8. The van der Waals surface area contributed by atoms with Crippen LogP contribution in [-0.4, -0.2) is 46.7 Å². The zero-order valence-corrected chi connectivity index (χ0v) is 20.6. The largest absolute Gasteiger partial charge is 0.295 e. The van der Waals surface area contributed by atoms with E-state index in [2.05, 4.69) is 10.5 Å². The average molecular weight is 517 g/mol. The highest BCUT2D eigenvalue weighted by atomic mass is 32.2. The lowest BCUT2D eigenvalue weighted by Crippen LogP contribution is -2.27. The first-order chi connectivity index (χ1) is 17.9. The number of hydrogen-bond acceptors (Lipinski definition) is 7. The highest BCUT2D eigenvalue weighted by molar-refractivity contribution is 7.89. The summed E-state index contributed by atoms with van der Waals surface area (Å²) in [4.78, 5) is 11.0. The maximum absolute atomic E-state index is 12.9. The molecular formula is C26H24N6O4S. The van der Waals surface area contributed by atoms with Crippen LogP contribution in [0.1, 0.15) is 18.4 Å². The van der Waals surface area contributed by atoms with E-state index in [9.17, 15) is 18.5 Å². The summed E-state index contributed by atoms with van der Waals surface area (Å²) >= 11 is 0. The highest BCUT2D eigenvalue weighted by Crippen LogP contribution is 2.30. The van der Waals surface area contributed by atoms with Crippen molar-refractivity contribution in [1.82, 2.24) is 14.1 Å². The van der Waals surface area contributed by atoms with Crippen molar-refractivity contribution in [2.75, 3.05) is 18.5 Å². The Labute approximate surface area is 214 Å². The number of nitro benzene ring substituents is 1. The van der Waals surface area contributed by atoms with Crippen molar-refractivity contribution < 1.29 is 13.3 Å². The van der Waals surface area contributed by atoms with E-state index < -0.39 is 14.9 Å². The molecule has 0 radical (unpaired) electrons. The Kier molecular flexibility index (Phi) is 6.80. The van der Waals surface area contributed by atoms with E-state index in [0.29, 0.717) is 24.3 Å². The zero-order chi connectivity index (χ0) is 25.8. The molecule has 4 aromatic rings. The summed E-state index contributed by atoms with van der Waals surface area (Å²) in [5.74, 6) is 0. The third kappa shape index (κ3) is 5.13. The first-order valence-electron chi connectivity index (χ1n) is 11.7. The number of aromatic nitrogens is 2. The van der Waals surface area contributed by atoms with Gasteiger partial charge in [0.05, 0.1) is 21.7 Å². The van der Waals surface area contributed by atoms with Crippen molar-refractivity contribution in [3.8, 4) is 16.9 Å². The quantitative estimate of drug-likeness (QED) is 0.206. The van der Waals surface area contributed by atoms with Gasteiger partial charge in [0, 0.05) is 36.5 Å². The molecule has 1 N–H and O–H groups in total. The van der Waals surface area contributed by atoms with Gasteiger partial charge in [0.25, 0.3) is 5.69 Å². The van der Waals surface area contributed by atoms with E-state index in [1.807, 2.05) is 66.9 Å². The summed E-state index contributed by atoms with van der Waals surface area (Å²) in [6.07, 6.45) is 4.92. The Balaban J connectivity index is 1.45. The predicted molar refractivity (Wildman–Crippen MR) is 141 cm³/mol. The van der Waals surface area contributed by atoms with E-state index in [4.69, 9.17) is 5.10 Å². The number of nitrogens with zero attached hydrogens (tertiary/aromatic N) is 5. The molecule has 0 aliphatic carbocycles. The number of nitrogens with one attached hydrogen (secondary N) is 1. The van der Waals surface area contributed by atoms with Crippen LogP contribution in [0, 0.1) is 10.1 Å². The van der Waals surface area contributed by atoms with Gasteiger partial charge in [0.2, 0.25) is 10.0 Å². The Morgan fingerprint density at radius 2 is 1.65 bits per heavy atom. The molecule has 1 aromatic heterocycles. The van der Waals surface area contributed by atoms with Crippen molar-refractivity contribution in [3.05, 3.63) is 101 Å². The standard InChI is InChI=1S/C26H24N6O4S/c33-32(34)25-17-23(37(35,36)30-15-7-8-16-30)13-14-24(25)28-27-18-21-19-31(22-11-5-2-6-12-22)29-26(21)20-9-3-1-4-10-20/h1-6,9-14,17-19,28H,7-8,15-16H2/b27-18+. The van der Waals surface area contributed by atoms with Crippen molar-refractivity contribution in [2.45, 2.75) is 17.7 Å². The normalized spacial score (nSPS) is 14.3. The van der Waals surface area contributed by atoms with Gasteiger partial charge in [0.15, 0.2) is 0 Å². The molecule has 0 spiro atoms. The van der Waals surface area contributed by atoms with Gasteiger partial charge in [-0.3, -0.25) is 15.5 Å². The molecule has 0 atom stereocenters. The topological polar surface area (TPSA) is 123 Å². The fraction of sp³-hybridized carbons (Fsp3) is 0.154. The molecule has 1 aliphatic heterocycles. The van der Waals surface area contributed by atoms with Crippen LogP contribution in [0.4, 0.5) is 11.4 Å². The average Bonchev–Trinajstić information content (AvgIpc) is 3.61. The Hall–Kier alpha value is -4.35. The maximum Gasteiger partial charge on any atom is 0.295 e. The molecule has 37 heavy (non-hydrogen) atoms. The van der Waals surface area contributed by atoms with Crippen molar-refractivity contribution in [1.29, 1.82) is 0 Å². The number of anilines is 1. The first-order valence-corrected chi connectivity index (χ1v) is 13.2. The number of sulfonamides is 1. The summed E-state index contributed by atoms with van der Waals surface area (Å²) in [6, 6.07) is 23.0. The van der Waals surface area contributed by atoms with E-state index in [0.717, 1.165) is 30.2 Å². The van der Waals surface area contributed by atoms with E-state index >= 15 is 0 Å². The molecule has 1 fully saturated rings. The molecule has 0 unspecified atom stereocenters. The van der Waals surface area contributed by atoms with Crippen LogP contribution < -0.4 is 5.43 Å². The van der Waals surface area contributed by atoms with Gasteiger partial charge in [0.1, 0.15) is 11.4 Å². The Bertz CT molecular complexity index is 1550. The van der Waals surface area contributed by atoms with E-state index in [1.54, 1.807) is 4.68 Å². The molecule has 0 bridgehead atoms. The van der Waals surface area contributed by atoms with Crippen molar-refractivity contribution in [2.24, 2.45) is 5.10 Å². The first kappa shape index (κ1) is 24.3. The number of nitro groups is 1. The van der Waals surface area contributed by atoms with Crippen LogP contribution in [0.3, 0.4) is 0 Å². The maximum atomic E-state index is 12.9. The predicted octanol–water partition coefficient (Wildman–Crippen LogP) is 4.68. The second-order valence-electron chi connectivity index (χ2n) is 8.50. The van der Waals surface area contributed by atoms with Gasteiger partial charge in [-0.15, -0.1) is 0 Å². The lowest BCUT2D eigenvalue weighted by atomic mass is 10.1. The zero-order valence-electron chi connectivity index (χ0n) is 19.8. The van der Waals surface area contributed by atoms with Crippen LogP contribution in [0.15, 0.2) is 95.1 Å². The molecule has 3 aromatic carbocycles. The summed E-state index contributed by atoms with van der Waals surface area (Å²) in [5.41, 5.74) is 5.56. The summed E-state index contributed by atoms with van der Waals surface area (Å²) < 4.78 is 28.8. The van der Waals surface area contributed by atoms with Gasteiger partial charge >= 0.3 is 0 Å². The number of hydrazone groups is 1. The fourth-order valence-corrected chi connectivity index (χ4v) is 5.72. The molecule has 188 valence electrons. The second kappa shape index (κ2) is 10.3. The molecule has 5 rings (SSSR count). The molecule has 2 heterocycles. The highest BCUT2D eigenvalue weighted by Gasteiger charge is 2.29. The summed E-state index contributed by atoms with van der Waals surface area (Å²) in [7, 11) is -3.78. The van der Waals surface area contributed by atoms with Crippen LogP contribution in [-0.2, 0) is 10.0 Å². The minimum absolute atomic E-state index is 0.0818. The molecule has 0 saturated carbocycles. The summed E-state index contributed by atoms with van der Waals surface area (Å²) in [6.45, 7) is 0.835. The minimum Gasteiger partial charge on any atom is -0.272 e. The third-order valence-corrected chi connectivity index (χ3v) is 7.96. The molecular weight excluding hydrogens is 492 g/mol. The van der Waals surface area contributed by atoms with Gasteiger partial charge < -0.3 is 0 Å². The van der Waals surface area contributed by atoms with Gasteiger partial charge in [-0.2, -0.15) is 14.5 Å². The Morgan fingerprint density at radius 1 is 0.973 bits per heavy atom. The summed E-state index contributed by atoms with van der Waals surface area (Å²) in [5, 5.41) is 20.7. The molecule has 11 heteroatoms. The number of hydrogen-bond donors (Lipinski definition) is 1. The fourth-order valence-electron chi connectivity index (χ4n) is 4.18. The van der Waals surface area contributed by atoms with Crippen LogP contribution >= 0.6 is 0 Å². The van der Waals surface area contributed by atoms with Gasteiger partial charge in [-0.1, -0.05) is 48.5 Å². The van der Waals surface area contributed by atoms with Crippen LogP contribution in [0.2, 0.25) is 0 Å². The third-order valence-electron chi connectivity index (χ3n) is 6.07. The molecule has 1 aliphatic rings. The van der Waals surface area contributed by atoms with Crippen molar-refractivity contribution in [3.63, 3.8) is 0 Å². The van der Waals surface area contributed by atoms with E-state index in [1.165, 1.54) is 22.7 Å². The monoisotopic (exact) mass is 516 g/mol. The molecule has 1 saturated heterocycles. The second-order valence-corrected chi connectivity index (χ2v) is 10.4. The lowest BCUT2D eigenvalue weighted by molar-refractivity contribution is -0.384. The van der Waals surface area contributed by atoms with Gasteiger partial charge in [-0.05, 0) is 37.1 Å². The molecule has 10 nitrogen and oxygen atoms in total. The minimum atomic E-state index is -3.78. The van der Waals surface area contributed by atoms with Gasteiger partial charge in [-0.25, -0.2) is 13.1 Å². The number of para-hydroxylation sites is 1.